The van der Waals surface area contributed by atoms with Crippen molar-refractivity contribution < 1.29 is 14.2 Å². The Labute approximate surface area is 129 Å². The quantitative estimate of drug-likeness (QED) is 0.871. The number of hydrogen-bond donors (Lipinski definition) is 0. The van der Waals surface area contributed by atoms with Crippen molar-refractivity contribution in [2.24, 2.45) is 0 Å². The summed E-state index contributed by atoms with van der Waals surface area (Å²) in [5.74, 6) is 4.08. The molecular formula is C16H19N3O3. The summed E-state index contributed by atoms with van der Waals surface area (Å²) in [4.78, 5) is 0. The van der Waals surface area contributed by atoms with E-state index in [-0.39, 0.29) is 0 Å². The van der Waals surface area contributed by atoms with Crippen LogP contribution in [0.15, 0.2) is 18.2 Å². The Hall–Kier alpha value is -2.24. The number of benzene rings is 1. The maximum atomic E-state index is 5.93. The molecule has 6 heteroatoms. The highest BCUT2D eigenvalue weighted by Gasteiger charge is 2.19. The number of para-hydroxylation sites is 1. The van der Waals surface area contributed by atoms with Crippen LogP contribution in [-0.4, -0.2) is 28.0 Å². The minimum Gasteiger partial charge on any atom is -0.486 e. The second-order valence-corrected chi connectivity index (χ2v) is 5.56. The van der Waals surface area contributed by atoms with Crippen LogP contribution in [0.3, 0.4) is 0 Å². The molecule has 3 heterocycles. The number of aryl methyl sites for hydroxylation is 1. The lowest BCUT2D eigenvalue weighted by molar-refractivity contribution is 0.160. The largest absolute Gasteiger partial charge is 0.486 e. The molecular weight excluding hydrogens is 282 g/mol. The number of ether oxygens (including phenoxy) is 3. The molecule has 0 saturated heterocycles. The van der Waals surface area contributed by atoms with Gasteiger partial charge in [0.2, 0.25) is 5.75 Å². The Kier molecular flexibility index (Phi) is 3.58. The van der Waals surface area contributed by atoms with Gasteiger partial charge in [0.15, 0.2) is 17.3 Å². The molecule has 4 rings (SSSR count). The maximum Gasteiger partial charge on any atom is 0.203 e. The van der Waals surface area contributed by atoms with Crippen molar-refractivity contribution in [2.45, 2.75) is 38.8 Å². The topological polar surface area (TPSA) is 58.4 Å². The molecule has 0 atom stereocenters. The SMILES string of the molecule is c1cc2c(c(OCc3nnc4n3CCCCC4)c1)OCCO2. The molecule has 1 aromatic heterocycles. The third kappa shape index (κ3) is 2.49. The smallest absolute Gasteiger partial charge is 0.203 e. The van der Waals surface area contributed by atoms with Crippen molar-refractivity contribution in [2.75, 3.05) is 13.2 Å². The van der Waals surface area contributed by atoms with Crippen LogP contribution in [0.5, 0.6) is 17.2 Å². The van der Waals surface area contributed by atoms with E-state index in [0.717, 1.165) is 30.4 Å². The number of aromatic nitrogens is 3. The predicted molar refractivity (Wildman–Crippen MR) is 79.3 cm³/mol. The number of fused-ring (bicyclic) bond motifs is 2. The van der Waals surface area contributed by atoms with Gasteiger partial charge in [0, 0.05) is 13.0 Å². The van der Waals surface area contributed by atoms with E-state index < -0.39 is 0 Å². The second kappa shape index (κ2) is 5.87. The van der Waals surface area contributed by atoms with E-state index in [0.29, 0.717) is 31.3 Å². The first-order chi connectivity index (χ1) is 10.9. The second-order valence-electron chi connectivity index (χ2n) is 5.56. The Morgan fingerprint density at radius 1 is 1.09 bits per heavy atom. The summed E-state index contributed by atoms with van der Waals surface area (Å²) in [7, 11) is 0. The standard InChI is InChI=1S/C16H19N3O3/c1-2-7-14-17-18-15(19(14)8-3-1)11-22-13-6-4-5-12-16(13)21-10-9-20-12/h4-6H,1-3,7-11H2. The maximum absolute atomic E-state index is 5.93. The Balaban J connectivity index is 1.53. The third-order valence-corrected chi connectivity index (χ3v) is 4.07. The summed E-state index contributed by atoms with van der Waals surface area (Å²) in [5, 5.41) is 8.58. The molecule has 2 aromatic rings. The average molecular weight is 301 g/mol. The van der Waals surface area contributed by atoms with Gasteiger partial charge >= 0.3 is 0 Å². The Morgan fingerprint density at radius 2 is 2.05 bits per heavy atom. The minimum absolute atomic E-state index is 0.396. The van der Waals surface area contributed by atoms with Crippen LogP contribution in [-0.2, 0) is 19.6 Å². The molecule has 0 radical (unpaired) electrons. The molecule has 0 N–H and O–H groups in total. The molecule has 0 bridgehead atoms. The average Bonchev–Trinajstić information content (AvgIpc) is 2.79. The van der Waals surface area contributed by atoms with E-state index in [4.69, 9.17) is 14.2 Å². The van der Waals surface area contributed by atoms with Gasteiger partial charge in [-0.2, -0.15) is 0 Å². The molecule has 0 amide bonds. The zero-order valence-corrected chi connectivity index (χ0v) is 12.5. The van der Waals surface area contributed by atoms with E-state index in [1.54, 1.807) is 0 Å². The van der Waals surface area contributed by atoms with Crippen molar-refractivity contribution in [3.05, 3.63) is 29.8 Å². The molecule has 6 nitrogen and oxygen atoms in total. The molecule has 1 aromatic carbocycles. The first-order valence-corrected chi connectivity index (χ1v) is 7.84. The van der Waals surface area contributed by atoms with Gasteiger partial charge in [-0.3, -0.25) is 0 Å². The van der Waals surface area contributed by atoms with Crippen molar-refractivity contribution >= 4 is 0 Å². The lowest BCUT2D eigenvalue weighted by atomic mass is 10.2. The van der Waals surface area contributed by atoms with Gasteiger partial charge in [-0.05, 0) is 25.0 Å². The number of nitrogens with zero attached hydrogens (tertiary/aromatic N) is 3. The number of hydrogen-bond acceptors (Lipinski definition) is 5. The van der Waals surface area contributed by atoms with Crippen molar-refractivity contribution in [3.63, 3.8) is 0 Å². The van der Waals surface area contributed by atoms with Gasteiger partial charge in [0.1, 0.15) is 25.6 Å². The summed E-state index contributed by atoms with van der Waals surface area (Å²) in [6.45, 7) is 2.50. The fourth-order valence-corrected chi connectivity index (χ4v) is 2.95. The molecule has 22 heavy (non-hydrogen) atoms. The Morgan fingerprint density at radius 3 is 3.05 bits per heavy atom. The fraction of sp³-hybridized carbons (Fsp3) is 0.500. The molecule has 0 spiro atoms. The van der Waals surface area contributed by atoms with E-state index in [1.807, 2.05) is 18.2 Å². The molecule has 116 valence electrons. The van der Waals surface area contributed by atoms with Crippen LogP contribution < -0.4 is 14.2 Å². The molecule has 0 aliphatic carbocycles. The minimum atomic E-state index is 0.396. The first kappa shape index (κ1) is 13.4. The highest BCUT2D eigenvalue weighted by molar-refractivity contribution is 5.51. The van der Waals surface area contributed by atoms with Crippen molar-refractivity contribution in [3.8, 4) is 17.2 Å². The lowest BCUT2D eigenvalue weighted by Gasteiger charge is -2.20. The summed E-state index contributed by atoms with van der Waals surface area (Å²) in [5.41, 5.74) is 0. The monoisotopic (exact) mass is 301 g/mol. The normalized spacial score (nSPS) is 16.7. The predicted octanol–water partition coefficient (Wildman–Crippen LogP) is 2.35. The van der Waals surface area contributed by atoms with Crippen LogP contribution in [0.25, 0.3) is 0 Å². The van der Waals surface area contributed by atoms with Gasteiger partial charge in [-0.15, -0.1) is 10.2 Å². The Bertz CT molecular complexity index is 669. The fourth-order valence-electron chi connectivity index (χ4n) is 2.95. The molecule has 0 fully saturated rings. The van der Waals surface area contributed by atoms with Gasteiger partial charge < -0.3 is 18.8 Å². The summed E-state index contributed by atoms with van der Waals surface area (Å²) >= 11 is 0. The van der Waals surface area contributed by atoms with E-state index in [1.165, 1.54) is 19.3 Å². The zero-order valence-electron chi connectivity index (χ0n) is 12.5. The number of rotatable bonds is 3. The van der Waals surface area contributed by atoms with Crippen LogP contribution in [0.4, 0.5) is 0 Å². The summed E-state index contributed by atoms with van der Waals surface area (Å²) in [6, 6.07) is 5.70. The van der Waals surface area contributed by atoms with Crippen LogP contribution >= 0.6 is 0 Å². The van der Waals surface area contributed by atoms with E-state index in [9.17, 15) is 0 Å². The van der Waals surface area contributed by atoms with Gasteiger partial charge in [-0.1, -0.05) is 12.5 Å². The molecule has 2 aliphatic heterocycles. The molecule has 0 saturated carbocycles. The highest BCUT2D eigenvalue weighted by Crippen LogP contribution is 2.39. The molecule has 0 unspecified atom stereocenters. The van der Waals surface area contributed by atoms with Crippen LogP contribution in [0, 0.1) is 0 Å². The summed E-state index contributed by atoms with van der Waals surface area (Å²) in [6.07, 6.45) is 4.62. The highest BCUT2D eigenvalue weighted by atomic mass is 16.6. The summed E-state index contributed by atoms with van der Waals surface area (Å²) < 4.78 is 19.4. The van der Waals surface area contributed by atoms with Crippen molar-refractivity contribution in [1.82, 2.24) is 14.8 Å². The molecule has 2 aliphatic rings. The first-order valence-electron chi connectivity index (χ1n) is 7.84. The van der Waals surface area contributed by atoms with Gasteiger partial charge in [-0.25, -0.2) is 0 Å². The lowest BCUT2D eigenvalue weighted by Crippen LogP contribution is -2.16. The van der Waals surface area contributed by atoms with E-state index in [2.05, 4.69) is 14.8 Å². The van der Waals surface area contributed by atoms with Crippen molar-refractivity contribution in [1.29, 1.82) is 0 Å². The third-order valence-electron chi connectivity index (χ3n) is 4.07. The van der Waals surface area contributed by atoms with Crippen LogP contribution in [0.1, 0.15) is 30.9 Å². The van der Waals surface area contributed by atoms with Gasteiger partial charge in [0.05, 0.1) is 0 Å². The zero-order chi connectivity index (χ0) is 14.8. The van der Waals surface area contributed by atoms with E-state index >= 15 is 0 Å². The van der Waals surface area contributed by atoms with Gasteiger partial charge in [0.25, 0.3) is 0 Å². The van der Waals surface area contributed by atoms with Crippen LogP contribution in [0.2, 0.25) is 0 Å².